The van der Waals surface area contributed by atoms with Crippen LogP contribution >= 0.6 is 11.6 Å². The third-order valence-corrected chi connectivity index (χ3v) is 4.81. The predicted octanol–water partition coefficient (Wildman–Crippen LogP) is 3.74. The van der Waals surface area contributed by atoms with Crippen molar-refractivity contribution in [3.8, 4) is 0 Å². The summed E-state index contributed by atoms with van der Waals surface area (Å²) in [5, 5.41) is 4.20. The monoisotopic (exact) mass is 308 g/mol. The Balaban J connectivity index is 2.30. The minimum absolute atomic E-state index is 0.323. The molecule has 1 aliphatic rings. The Hall–Kier alpha value is -1.06. The third-order valence-electron chi connectivity index (χ3n) is 4.57. The van der Waals surface area contributed by atoms with E-state index in [1.807, 2.05) is 31.2 Å². The van der Waals surface area contributed by atoms with Crippen molar-refractivity contribution in [3.05, 3.63) is 34.9 Å². The third kappa shape index (κ3) is 3.78. The molecule has 3 nitrogen and oxygen atoms in total. The van der Waals surface area contributed by atoms with E-state index in [9.17, 15) is 4.79 Å². The van der Waals surface area contributed by atoms with Gasteiger partial charge in [0, 0.05) is 11.1 Å². The number of halogens is 1. The number of hydrogen-bond acceptors (Lipinski definition) is 2. The van der Waals surface area contributed by atoms with Gasteiger partial charge in [0.05, 0.1) is 0 Å². The van der Waals surface area contributed by atoms with E-state index in [-0.39, 0.29) is 5.91 Å². The van der Waals surface area contributed by atoms with E-state index >= 15 is 0 Å². The minimum Gasteiger partial charge on any atom is -0.368 e. The van der Waals surface area contributed by atoms with Crippen LogP contribution in [0.15, 0.2) is 24.3 Å². The van der Waals surface area contributed by atoms with E-state index in [0.29, 0.717) is 17.5 Å². The number of primary amides is 1. The molecule has 0 heterocycles. The standard InChI is InChI=1S/C17H25ClN2O/c1-2-17(16(19)21,13-8-7-9-14(18)12-13)20-15-10-5-3-4-6-11-15/h7-9,12,15,20H,2-6,10-11H2,1H3,(H2,19,21). The molecule has 0 saturated heterocycles. The van der Waals surface area contributed by atoms with Gasteiger partial charge < -0.3 is 5.73 Å². The van der Waals surface area contributed by atoms with Gasteiger partial charge in [-0.1, -0.05) is 56.3 Å². The first-order valence-corrected chi connectivity index (χ1v) is 8.30. The number of benzene rings is 1. The van der Waals surface area contributed by atoms with Gasteiger partial charge in [-0.2, -0.15) is 0 Å². The minimum atomic E-state index is -0.820. The molecule has 116 valence electrons. The molecule has 0 radical (unpaired) electrons. The van der Waals surface area contributed by atoms with Crippen LogP contribution in [0.1, 0.15) is 57.4 Å². The van der Waals surface area contributed by atoms with Gasteiger partial charge in [-0.15, -0.1) is 0 Å². The summed E-state index contributed by atoms with van der Waals surface area (Å²) in [6.07, 6.45) is 7.83. The number of amides is 1. The lowest BCUT2D eigenvalue weighted by atomic mass is 9.85. The second-order valence-corrected chi connectivity index (χ2v) is 6.40. The molecule has 4 heteroatoms. The Morgan fingerprint density at radius 3 is 2.52 bits per heavy atom. The molecule has 3 N–H and O–H groups in total. The number of nitrogens with one attached hydrogen (secondary N) is 1. The molecule has 1 atom stereocenters. The van der Waals surface area contributed by atoms with Gasteiger partial charge in [0.2, 0.25) is 5.91 Å². The zero-order valence-electron chi connectivity index (χ0n) is 12.7. The van der Waals surface area contributed by atoms with E-state index in [1.54, 1.807) is 0 Å². The van der Waals surface area contributed by atoms with Gasteiger partial charge in [-0.3, -0.25) is 10.1 Å². The van der Waals surface area contributed by atoms with Gasteiger partial charge in [0.15, 0.2) is 0 Å². The molecule has 21 heavy (non-hydrogen) atoms. The van der Waals surface area contributed by atoms with E-state index in [0.717, 1.165) is 18.4 Å². The maximum Gasteiger partial charge on any atom is 0.242 e. The van der Waals surface area contributed by atoms with Gasteiger partial charge in [0.1, 0.15) is 5.54 Å². The zero-order valence-corrected chi connectivity index (χ0v) is 13.5. The highest BCUT2D eigenvalue weighted by molar-refractivity contribution is 6.30. The highest BCUT2D eigenvalue weighted by atomic mass is 35.5. The zero-order chi connectivity index (χ0) is 15.3. The summed E-state index contributed by atoms with van der Waals surface area (Å²) in [6, 6.07) is 7.82. The SMILES string of the molecule is CCC(NC1CCCCCC1)(C(N)=O)c1cccc(Cl)c1. The Labute approximate surface area is 132 Å². The van der Waals surface area contributed by atoms with E-state index in [2.05, 4.69) is 5.32 Å². The van der Waals surface area contributed by atoms with Crippen molar-refractivity contribution in [2.75, 3.05) is 0 Å². The first-order chi connectivity index (χ1) is 10.1. The van der Waals surface area contributed by atoms with Crippen molar-refractivity contribution in [2.24, 2.45) is 5.73 Å². The normalized spacial score (nSPS) is 19.7. The topological polar surface area (TPSA) is 55.1 Å². The maximum absolute atomic E-state index is 12.2. The fourth-order valence-corrected chi connectivity index (χ4v) is 3.49. The molecule has 1 aromatic carbocycles. The van der Waals surface area contributed by atoms with Crippen LogP contribution in [0.4, 0.5) is 0 Å². The van der Waals surface area contributed by atoms with Crippen molar-refractivity contribution in [2.45, 2.75) is 63.5 Å². The number of carbonyl (C=O) groups excluding carboxylic acids is 1. The Morgan fingerprint density at radius 2 is 2.00 bits per heavy atom. The molecular weight excluding hydrogens is 284 g/mol. The molecule has 1 aliphatic carbocycles. The summed E-state index contributed by atoms with van der Waals surface area (Å²) in [7, 11) is 0. The Kier molecular flexibility index (Phi) is 5.65. The second kappa shape index (κ2) is 7.28. The fourth-order valence-electron chi connectivity index (χ4n) is 3.30. The van der Waals surface area contributed by atoms with Gasteiger partial charge in [0.25, 0.3) is 0 Å². The lowest BCUT2D eigenvalue weighted by Crippen LogP contribution is -2.55. The smallest absolute Gasteiger partial charge is 0.242 e. The van der Waals surface area contributed by atoms with Crippen molar-refractivity contribution in [1.82, 2.24) is 5.32 Å². The maximum atomic E-state index is 12.2. The summed E-state index contributed by atoms with van der Waals surface area (Å²) < 4.78 is 0. The number of carbonyl (C=O) groups is 1. The molecule has 0 bridgehead atoms. The van der Waals surface area contributed by atoms with Crippen LogP contribution in [0.2, 0.25) is 5.02 Å². The lowest BCUT2D eigenvalue weighted by Gasteiger charge is -2.35. The van der Waals surface area contributed by atoms with E-state index in [4.69, 9.17) is 17.3 Å². The number of rotatable bonds is 5. The molecule has 1 fully saturated rings. The Bertz CT molecular complexity index is 483. The summed E-state index contributed by atoms with van der Waals surface area (Å²) in [5.74, 6) is -0.323. The summed E-state index contributed by atoms with van der Waals surface area (Å²) in [6.45, 7) is 2.00. The fraction of sp³-hybridized carbons (Fsp3) is 0.588. The van der Waals surface area contributed by atoms with E-state index in [1.165, 1.54) is 25.7 Å². The van der Waals surface area contributed by atoms with Crippen LogP contribution in [0.5, 0.6) is 0 Å². The summed E-state index contributed by atoms with van der Waals surface area (Å²) >= 11 is 6.10. The Morgan fingerprint density at radius 1 is 1.33 bits per heavy atom. The van der Waals surface area contributed by atoms with Crippen LogP contribution in [0.3, 0.4) is 0 Å². The highest BCUT2D eigenvalue weighted by Gasteiger charge is 2.38. The first-order valence-electron chi connectivity index (χ1n) is 7.92. The van der Waals surface area contributed by atoms with Crippen molar-refractivity contribution >= 4 is 17.5 Å². The second-order valence-electron chi connectivity index (χ2n) is 5.97. The molecular formula is C17H25ClN2O. The molecule has 1 amide bonds. The summed E-state index contributed by atoms with van der Waals surface area (Å²) in [4.78, 5) is 12.2. The van der Waals surface area contributed by atoms with Crippen molar-refractivity contribution < 1.29 is 4.79 Å². The number of hydrogen-bond donors (Lipinski definition) is 2. The molecule has 2 rings (SSSR count). The average molecular weight is 309 g/mol. The quantitative estimate of drug-likeness (QED) is 0.814. The van der Waals surface area contributed by atoms with Crippen LogP contribution in [0.25, 0.3) is 0 Å². The molecule has 0 spiro atoms. The van der Waals surface area contributed by atoms with Crippen molar-refractivity contribution in [1.29, 1.82) is 0 Å². The van der Waals surface area contributed by atoms with Crippen LogP contribution in [-0.2, 0) is 10.3 Å². The molecule has 1 aromatic rings. The van der Waals surface area contributed by atoms with Gasteiger partial charge in [-0.05, 0) is 37.0 Å². The largest absolute Gasteiger partial charge is 0.368 e. The average Bonchev–Trinajstić information content (AvgIpc) is 2.73. The predicted molar refractivity (Wildman–Crippen MR) is 87.2 cm³/mol. The summed E-state index contributed by atoms with van der Waals surface area (Å²) in [5.41, 5.74) is 5.83. The molecule has 0 aromatic heterocycles. The van der Waals surface area contributed by atoms with Crippen molar-refractivity contribution in [3.63, 3.8) is 0 Å². The lowest BCUT2D eigenvalue weighted by molar-refractivity contribution is -0.125. The molecule has 0 aliphatic heterocycles. The number of nitrogens with two attached hydrogens (primary N) is 1. The van der Waals surface area contributed by atoms with Crippen LogP contribution < -0.4 is 11.1 Å². The molecule has 1 saturated carbocycles. The van der Waals surface area contributed by atoms with Crippen LogP contribution in [-0.4, -0.2) is 11.9 Å². The molecule has 1 unspecified atom stereocenters. The van der Waals surface area contributed by atoms with Gasteiger partial charge in [-0.25, -0.2) is 0 Å². The van der Waals surface area contributed by atoms with E-state index < -0.39 is 5.54 Å². The highest BCUT2D eigenvalue weighted by Crippen LogP contribution is 2.30. The van der Waals surface area contributed by atoms with Crippen LogP contribution in [0, 0.1) is 0 Å². The first kappa shape index (κ1) is 16.3. The van der Waals surface area contributed by atoms with Gasteiger partial charge >= 0.3 is 0 Å².